The molecule has 0 aliphatic heterocycles. The Labute approximate surface area is 143 Å². The minimum absolute atomic E-state index is 0.157. The maximum Gasteiger partial charge on any atom is 0.325 e. The summed E-state index contributed by atoms with van der Waals surface area (Å²) in [5.74, 6) is -1.25. The zero-order valence-corrected chi connectivity index (χ0v) is 13.3. The van der Waals surface area contributed by atoms with Gasteiger partial charge in [-0.1, -0.05) is 29.8 Å². The average Bonchev–Trinajstić information content (AvgIpc) is 2.54. The van der Waals surface area contributed by atoms with Crippen molar-refractivity contribution in [2.45, 2.75) is 0 Å². The lowest BCUT2D eigenvalue weighted by Crippen LogP contribution is -2.38. The Hall–Kier alpha value is -3.06. The van der Waals surface area contributed by atoms with Gasteiger partial charge in [0.2, 0.25) is 5.91 Å². The lowest BCUT2D eigenvalue weighted by atomic mass is 10.1. The highest BCUT2D eigenvalue weighted by Gasteiger charge is 2.12. The number of benzene rings is 2. The Morgan fingerprint density at radius 2 is 1.75 bits per heavy atom. The Balaban J connectivity index is 1.89. The number of carbonyl (C=O) groups is 3. The van der Waals surface area contributed by atoms with Gasteiger partial charge >= 0.3 is 6.03 Å². The van der Waals surface area contributed by atoms with Gasteiger partial charge < -0.3 is 16.4 Å². The molecule has 7 nitrogen and oxygen atoms in total. The summed E-state index contributed by atoms with van der Waals surface area (Å²) in [7, 11) is 0. The molecule has 124 valence electrons. The number of primary amides is 1. The predicted molar refractivity (Wildman–Crippen MR) is 92.1 cm³/mol. The molecule has 24 heavy (non-hydrogen) atoms. The van der Waals surface area contributed by atoms with E-state index in [4.69, 9.17) is 17.3 Å². The minimum atomic E-state index is -0.678. The zero-order valence-electron chi connectivity index (χ0n) is 12.5. The van der Waals surface area contributed by atoms with Crippen LogP contribution in [0.1, 0.15) is 10.4 Å². The highest BCUT2D eigenvalue weighted by atomic mass is 35.5. The monoisotopic (exact) mass is 346 g/mol. The van der Waals surface area contributed by atoms with Crippen molar-refractivity contribution in [1.82, 2.24) is 5.32 Å². The second-order valence-corrected chi connectivity index (χ2v) is 5.21. The number of anilines is 2. The van der Waals surface area contributed by atoms with Crippen LogP contribution in [-0.4, -0.2) is 24.4 Å². The summed E-state index contributed by atoms with van der Waals surface area (Å²) < 4.78 is 0. The smallest absolute Gasteiger partial charge is 0.325 e. The molecule has 0 fully saturated rings. The molecule has 0 radical (unpaired) electrons. The normalized spacial score (nSPS) is 9.88. The van der Waals surface area contributed by atoms with Gasteiger partial charge in [0.05, 0.1) is 12.1 Å². The van der Waals surface area contributed by atoms with Crippen molar-refractivity contribution in [3.05, 3.63) is 59.1 Å². The fourth-order valence-corrected chi connectivity index (χ4v) is 2.08. The molecule has 0 saturated heterocycles. The quantitative estimate of drug-likeness (QED) is 0.664. The first kappa shape index (κ1) is 17.3. The van der Waals surface area contributed by atoms with Gasteiger partial charge in [-0.15, -0.1) is 0 Å². The molecule has 0 bridgehead atoms. The molecule has 5 N–H and O–H groups in total. The van der Waals surface area contributed by atoms with Crippen molar-refractivity contribution >= 4 is 40.8 Å². The lowest BCUT2D eigenvalue weighted by molar-refractivity contribution is -0.118. The molecule has 2 aromatic rings. The second-order valence-electron chi connectivity index (χ2n) is 4.78. The van der Waals surface area contributed by atoms with E-state index >= 15 is 0 Å². The molecular weight excluding hydrogens is 332 g/mol. The van der Waals surface area contributed by atoms with Crippen molar-refractivity contribution in [3.8, 4) is 0 Å². The fourth-order valence-electron chi connectivity index (χ4n) is 1.90. The van der Waals surface area contributed by atoms with Gasteiger partial charge in [-0.25, -0.2) is 4.79 Å². The molecule has 0 unspecified atom stereocenters. The van der Waals surface area contributed by atoms with E-state index in [0.717, 1.165) is 0 Å². The van der Waals surface area contributed by atoms with Gasteiger partial charge in [0, 0.05) is 16.4 Å². The average molecular weight is 347 g/mol. The van der Waals surface area contributed by atoms with Crippen molar-refractivity contribution in [3.63, 3.8) is 0 Å². The number of amides is 4. The maximum absolute atomic E-state index is 11.8. The standard InChI is InChI=1S/C16H15ClN4O3/c17-10-6-7-13(12(8-10)15(18)23)19-9-14(22)21-16(24)20-11-4-2-1-3-5-11/h1-8,19H,9H2,(H2,18,23)(H2,20,21,22,24). The van der Waals surface area contributed by atoms with Crippen LogP contribution in [0.5, 0.6) is 0 Å². The van der Waals surface area contributed by atoms with Gasteiger partial charge in [0.15, 0.2) is 0 Å². The molecule has 4 amide bonds. The van der Waals surface area contributed by atoms with Crippen LogP contribution in [0.4, 0.5) is 16.2 Å². The summed E-state index contributed by atoms with van der Waals surface area (Å²) >= 11 is 5.80. The topological polar surface area (TPSA) is 113 Å². The van der Waals surface area contributed by atoms with Crippen LogP contribution in [-0.2, 0) is 4.79 Å². The molecule has 0 atom stereocenters. The van der Waals surface area contributed by atoms with E-state index in [0.29, 0.717) is 16.4 Å². The van der Waals surface area contributed by atoms with Crippen LogP contribution >= 0.6 is 11.6 Å². The van der Waals surface area contributed by atoms with Gasteiger partial charge in [0.25, 0.3) is 5.91 Å². The van der Waals surface area contributed by atoms with E-state index in [1.165, 1.54) is 12.1 Å². The summed E-state index contributed by atoms with van der Waals surface area (Å²) in [6.45, 7) is -0.218. The van der Waals surface area contributed by atoms with E-state index in [1.54, 1.807) is 36.4 Å². The highest BCUT2D eigenvalue weighted by molar-refractivity contribution is 6.31. The third-order valence-corrected chi connectivity index (χ3v) is 3.21. The highest BCUT2D eigenvalue weighted by Crippen LogP contribution is 2.20. The fraction of sp³-hybridized carbons (Fsp3) is 0.0625. The number of carbonyl (C=O) groups excluding carboxylic acids is 3. The predicted octanol–water partition coefficient (Wildman–Crippen LogP) is 2.20. The number of rotatable bonds is 5. The molecule has 0 spiro atoms. The number of hydrogen-bond donors (Lipinski definition) is 4. The SMILES string of the molecule is NC(=O)c1cc(Cl)ccc1NCC(=O)NC(=O)Nc1ccccc1. The van der Waals surface area contributed by atoms with Crippen molar-refractivity contribution in [2.75, 3.05) is 17.2 Å². The van der Waals surface area contributed by atoms with Gasteiger partial charge in [-0.2, -0.15) is 0 Å². The molecule has 0 aromatic heterocycles. The van der Waals surface area contributed by atoms with Crippen LogP contribution in [0, 0.1) is 0 Å². The molecule has 0 aliphatic rings. The van der Waals surface area contributed by atoms with Crippen LogP contribution in [0.25, 0.3) is 0 Å². The van der Waals surface area contributed by atoms with Gasteiger partial charge in [-0.3, -0.25) is 14.9 Å². The number of urea groups is 1. The largest absolute Gasteiger partial charge is 0.375 e. The van der Waals surface area contributed by atoms with Crippen molar-refractivity contribution < 1.29 is 14.4 Å². The Morgan fingerprint density at radius 1 is 1.04 bits per heavy atom. The van der Waals surface area contributed by atoms with Crippen LogP contribution in [0.2, 0.25) is 5.02 Å². The summed E-state index contributed by atoms with van der Waals surface area (Å²) in [5.41, 5.74) is 6.32. The Bertz CT molecular complexity index is 765. The molecule has 0 heterocycles. The molecule has 2 aromatic carbocycles. The number of para-hydroxylation sites is 1. The molecule has 0 aliphatic carbocycles. The van der Waals surface area contributed by atoms with Gasteiger partial charge in [-0.05, 0) is 30.3 Å². The van der Waals surface area contributed by atoms with E-state index in [-0.39, 0.29) is 12.1 Å². The number of nitrogens with two attached hydrogens (primary N) is 1. The molecular formula is C16H15ClN4O3. The van der Waals surface area contributed by atoms with E-state index in [1.807, 2.05) is 0 Å². The molecule has 8 heteroatoms. The first-order chi connectivity index (χ1) is 11.5. The Kier molecular flexibility index (Phi) is 5.75. The number of hydrogen-bond acceptors (Lipinski definition) is 4. The zero-order chi connectivity index (χ0) is 17.5. The summed E-state index contributed by atoms with van der Waals surface area (Å²) in [6, 6.07) is 12.5. The summed E-state index contributed by atoms with van der Waals surface area (Å²) in [5, 5.41) is 7.77. The third kappa shape index (κ3) is 4.99. The van der Waals surface area contributed by atoms with Crippen molar-refractivity contribution in [2.24, 2.45) is 5.73 Å². The third-order valence-electron chi connectivity index (χ3n) is 2.97. The first-order valence-corrected chi connectivity index (χ1v) is 7.32. The number of nitrogens with one attached hydrogen (secondary N) is 3. The second kappa shape index (κ2) is 7.98. The van der Waals surface area contributed by atoms with E-state index < -0.39 is 17.8 Å². The van der Waals surface area contributed by atoms with Crippen LogP contribution < -0.4 is 21.7 Å². The minimum Gasteiger partial charge on any atom is -0.375 e. The van der Waals surface area contributed by atoms with Gasteiger partial charge in [0.1, 0.15) is 0 Å². The van der Waals surface area contributed by atoms with E-state index in [9.17, 15) is 14.4 Å². The summed E-state index contributed by atoms with van der Waals surface area (Å²) in [6.07, 6.45) is 0. The van der Waals surface area contributed by atoms with Crippen LogP contribution in [0.3, 0.4) is 0 Å². The Morgan fingerprint density at radius 3 is 2.42 bits per heavy atom. The number of imide groups is 1. The lowest BCUT2D eigenvalue weighted by Gasteiger charge is -2.11. The molecule has 2 rings (SSSR count). The number of halogens is 1. The molecule has 0 saturated carbocycles. The van der Waals surface area contributed by atoms with Crippen LogP contribution in [0.15, 0.2) is 48.5 Å². The first-order valence-electron chi connectivity index (χ1n) is 6.95. The van der Waals surface area contributed by atoms with E-state index in [2.05, 4.69) is 16.0 Å². The summed E-state index contributed by atoms with van der Waals surface area (Å²) in [4.78, 5) is 34.8. The maximum atomic E-state index is 11.8. The van der Waals surface area contributed by atoms with Crippen molar-refractivity contribution in [1.29, 1.82) is 0 Å².